The molecule has 0 saturated heterocycles. The SMILES string of the molecule is Fc1ccc(OCc2ccc(F)c(Cl)c2)c([B-](F)(F)F)c1.[K+]. The summed E-state index contributed by atoms with van der Waals surface area (Å²) in [4.78, 5) is 0. The molecule has 2 aromatic carbocycles. The minimum absolute atomic E-state index is 0. The van der Waals surface area contributed by atoms with E-state index in [1.165, 1.54) is 12.1 Å². The summed E-state index contributed by atoms with van der Waals surface area (Å²) >= 11 is 5.56. The molecular weight excluding hydrogens is 352 g/mol. The molecule has 0 radical (unpaired) electrons. The summed E-state index contributed by atoms with van der Waals surface area (Å²) in [6, 6.07) is 5.83. The summed E-state index contributed by atoms with van der Waals surface area (Å²) in [6.45, 7) is -5.65. The third-order valence-corrected chi connectivity index (χ3v) is 2.99. The zero-order valence-electron chi connectivity index (χ0n) is 11.4. The van der Waals surface area contributed by atoms with E-state index in [-0.39, 0.29) is 63.0 Å². The van der Waals surface area contributed by atoms with Gasteiger partial charge in [-0.1, -0.05) is 23.1 Å². The normalized spacial score (nSPS) is 11.0. The maximum Gasteiger partial charge on any atom is 1.00 e. The van der Waals surface area contributed by atoms with Crippen LogP contribution in [-0.2, 0) is 6.61 Å². The monoisotopic (exact) mass is 360 g/mol. The predicted molar refractivity (Wildman–Crippen MR) is 70.9 cm³/mol. The third kappa shape index (κ3) is 5.21. The summed E-state index contributed by atoms with van der Waals surface area (Å²) in [7, 11) is 0. The van der Waals surface area contributed by atoms with Gasteiger partial charge >= 0.3 is 58.4 Å². The molecule has 0 aliphatic heterocycles. The molecule has 0 aromatic heterocycles. The first-order valence-electron chi connectivity index (χ1n) is 5.83. The molecule has 2 rings (SSSR count). The largest absolute Gasteiger partial charge is 1.00 e. The van der Waals surface area contributed by atoms with Gasteiger partial charge in [0.05, 0.1) is 10.8 Å². The molecule has 0 saturated carbocycles. The van der Waals surface area contributed by atoms with Crippen LogP contribution in [0, 0.1) is 11.6 Å². The number of hydrogen-bond donors (Lipinski definition) is 0. The van der Waals surface area contributed by atoms with Gasteiger partial charge < -0.3 is 17.7 Å². The molecule has 0 aliphatic rings. The number of halogens is 6. The number of rotatable bonds is 4. The summed E-state index contributed by atoms with van der Waals surface area (Å²) in [5, 5.41) is -0.157. The Morgan fingerprint density at radius 1 is 1.00 bits per heavy atom. The van der Waals surface area contributed by atoms with E-state index in [1.54, 1.807) is 0 Å². The van der Waals surface area contributed by atoms with Gasteiger partial charge in [-0.2, -0.15) is 0 Å². The van der Waals surface area contributed by atoms with Crippen LogP contribution >= 0.6 is 11.6 Å². The van der Waals surface area contributed by atoms with E-state index in [4.69, 9.17) is 16.3 Å². The zero-order chi connectivity index (χ0) is 15.6. The van der Waals surface area contributed by atoms with E-state index in [2.05, 4.69) is 0 Å². The molecule has 0 fully saturated rings. The third-order valence-electron chi connectivity index (χ3n) is 2.70. The Bertz CT molecular complexity index is 665. The fourth-order valence-electron chi connectivity index (χ4n) is 1.70. The van der Waals surface area contributed by atoms with Crippen LogP contribution in [0.25, 0.3) is 0 Å². The van der Waals surface area contributed by atoms with E-state index in [9.17, 15) is 21.7 Å². The van der Waals surface area contributed by atoms with Crippen LogP contribution in [0.4, 0.5) is 21.7 Å². The molecule has 0 amide bonds. The molecule has 1 nitrogen and oxygen atoms in total. The second-order valence-electron chi connectivity index (χ2n) is 4.29. The van der Waals surface area contributed by atoms with Crippen molar-refractivity contribution < 1.29 is 77.8 Å². The summed E-state index contributed by atoms with van der Waals surface area (Å²) in [5.41, 5.74) is -0.755. The second kappa shape index (κ2) is 8.12. The Labute approximate surface area is 171 Å². The molecule has 112 valence electrons. The van der Waals surface area contributed by atoms with Crippen LogP contribution < -0.4 is 61.6 Å². The Morgan fingerprint density at radius 3 is 2.27 bits per heavy atom. The van der Waals surface area contributed by atoms with Crippen molar-refractivity contribution in [2.75, 3.05) is 0 Å². The van der Waals surface area contributed by atoms with E-state index in [1.807, 2.05) is 0 Å². The minimum atomic E-state index is -5.40. The van der Waals surface area contributed by atoms with Gasteiger partial charge in [-0.05, 0) is 35.9 Å². The Balaban J connectivity index is 0.00000242. The summed E-state index contributed by atoms with van der Waals surface area (Å²) < 4.78 is 69.4. The molecule has 0 atom stereocenters. The first-order valence-corrected chi connectivity index (χ1v) is 6.21. The number of ether oxygens (including phenoxy) is 1. The number of benzene rings is 2. The average Bonchev–Trinajstić information content (AvgIpc) is 2.40. The summed E-state index contributed by atoms with van der Waals surface area (Å²) in [6.07, 6.45) is 0. The molecule has 0 unspecified atom stereocenters. The Morgan fingerprint density at radius 2 is 1.68 bits per heavy atom. The van der Waals surface area contributed by atoms with Gasteiger partial charge in [-0.25, -0.2) is 8.78 Å². The van der Waals surface area contributed by atoms with Gasteiger partial charge in [0.15, 0.2) is 0 Å². The van der Waals surface area contributed by atoms with E-state index in [0.717, 1.165) is 18.2 Å². The van der Waals surface area contributed by atoms with E-state index >= 15 is 0 Å². The fraction of sp³-hybridized carbons (Fsp3) is 0.0769. The molecule has 0 heterocycles. The van der Waals surface area contributed by atoms with Crippen molar-refractivity contribution in [2.24, 2.45) is 0 Å². The molecule has 0 spiro atoms. The maximum atomic E-state index is 13.0. The van der Waals surface area contributed by atoms with E-state index in [0.29, 0.717) is 11.6 Å². The van der Waals surface area contributed by atoms with Gasteiger partial charge in [-0.15, -0.1) is 0 Å². The Kier molecular flexibility index (Phi) is 7.36. The molecule has 0 N–H and O–H groups in total. The van der Waals surface area contributed by atoms with Crippen LogP contribution in [0.3, 0.4) is 0 Å². The predicted octanol–water partition coefficient (Wildman–Crippen LogP) is 1.26. The summed E-state index contributed by atoms with van der Waals surface area (Å²) in [5.74, 6) is -2.12. The zero-order valence-corrected chi connectivity index (χ0v) is 15.3. The quantitative estimate of drug-likeness (QED) is 0.589. The van der Waals surface area contributed by atoms with Crippen LogP contribution in [0.2, 0.25) is 5.02 Å². The van der Waals surface area contributed by atoms with Crippen molar-refractivity contribution in [2.45, 2.75) is 6.61 Å². The van der Waals surface area contributed by atoms with E-state index < -0.39 is 29.8 Å². The average molecular weight is 361 g/mol. The van der Waals surface area contributed by atoms with Gasteiger partial charge in [0, 0.05) is 0 Å². The number of hydrogen-bond acceptors (Lipinski definition) is 1. The second-order valence-corrected chi connectivity index (χ2v) is 4.70. The van der Waals surface area contributed by atoms with Crippen LogP contribution in [0.5, 0.6) is 5.75 Å². The molecular formula is C13H8BClF5KO. The maximum absolute atomic E-state index is 13.0. The van der Waals surface area contributed by atoms with Crippen molar-refractivity contribution in [1.29, 1.82) is 0 Å². The molecule has 9 heteroatoms. The topological polar surface area (TPSA) is 9.23 Å². The van der Waals surface area contributed by atoms with Crippen LogP contribution in [-0.4, -0.2) is 6.98 Å². The smallest absolute Gasteiger partial charge is 0.492 e. The molecule has 0 bridgehead atoms. The van der Waals surface area contributed by atoms with Gasteiger partial charge in [0.25, 0.3) is 0 Å². The first kappa shape index (κ1) is 19.9. The van der Waals surface area contributed by atoms with Crippen molar-refractivity contribution >= 4 is 24.0 Å². The van der Waals surface area contributed by atoms with Crippen LogP contribution in [0.15, 0.2) is 36.4 Å². The van der Waals surface area contributed by atoms with Crippen molar-refractivity contribution in [1.82, 2.24) is 0 Å². The van der Waals surface area contributed by atoms with Gasteiger partial charge in [0.2, 0.25) is 0 Å². The molecule has 2 aromatic rings. The van der Waals surface area contributed by atoms with Crippen molar-refractivity contribution in [3.8, 4) is 5.75 Å². The first-order chi connectivity index (χ1) is 9.77. The molecule has 22 heavy (non-hydrogen) atoms. The van der Waals surface area contributed by atoms with Crippen molar-refractivity contribution in [3.05, 3.63) is 58.6 Å². The van der Waals surface area contributed by atoms with Crippen molar-refractivity contribution in [3.63, 3.8) is 0 Å². The van der Waals surface area contributed by atoms with Crippen LogP contribution in [0.1, 0.15) is 5.56 Å². The fourth-order valence-corrected chi connectivity index (χ4v) is 1.90. The van der Waals surface area contributed by atoms with Gasteiger partial charge in [0.1, 0.15) is 18.2 Å². The van der Waals surface area contributed by atoms with Gasteiger partial charge in [-0.3, -0.25) is 0 Å². The Hall–Kier alpha value is -0.119. The minimum Gasteiger partial charge on any atom is -0.492 e. The molecule has 0 aliphatic carbocycles. The standard InChI is InChI=1S/C13H8BClF5O.K/c15-11-5-8(1-3-12(11)17)7-21-13-4-2-9(16)6-10(13)14(18,19)20;/h1-6H,7H2;/q-1;+1.